The largest absolute Gasteiger partial charge is 0.291 e. The number of nitrogens with zero attached hydrogens (tertiary/aromatic N) is 1. The number of hydrogen-bond donors (Lipinski definition) is 1. The highest BCUT2D eigenvalue weighted by Crippen LogP contribution is 2.25. The third kappa shape index (κ3) is 4.20. The predicted octanol–water partition coefficient (Wildman–Crippen LogP) is 3.50. The Morgan fingerprint density at radius 1 is 1.47 bits per heavy atom. The maximum atomic E-state index is 10.5. The summed E-state index contributed by atoms with van der Waals surface area (Å²) in [5.41, 5.74) is 1.09. The molecule has 0 bridgehead atoms. The van der Waals surface area contributed by atoms with Crippen molar-refractivity contribution in [3.05, 3.63) is 41.8 Å². The van der Waals surface area contributed by atoms with Crippen LogP contribution in [0.1, 0.15) is 5.56 Å². The highest BCUT2D eigenvalue weighted by molar-refractivity contribution is 8.26. The average molecular weight is 264 g/mol. The molecule has 1 aromatic carbocycles. The standard InChI is InChI=1S/C12H12N2OS2/c1-3-16-11(13)12(14-8-15)17-10-7-5-4-6-9(10)2/h3-8,13H,1H2,2H3. The van der Waals surface area contributed by atoms with Gasteiger partial charge in [0.1, 0.15) is 10.1 Å². The highest BCUT2D eigenvalue weighted by atomic mass is 32.2. The Morgan fingerprint density at radius 3 is 2.76 bits per heavy atom. The fourth-order valence-corrected chi connectivity index (χ4v) is 2.45. The van der Waals surface area contributed by atoms with E-state index in [4.69, 9.17) is 5.41 Å². The summed E-state index contributed by atoms with van der Waals surface area (Å²) < 4.78 is 0. The maximum Gasteiger partial charge on any atom is 0.234 e. The molecule has 3 nitrogen and oxygen atoms in total. The quantitative estimate of drug-likeness (QED) is 0.393. The summed E-state index contributed by atoms with van der Waals surface area (Å²) in [6.07, 6.45) is 0.457. The second-order valence-electron chi connectivity index (χ2n) is 3.02. The minimum atomic E-state index is 0.223. The van der Waals surface area contributed by atoms with Crippen LogP contribution in [0.5, 0.6) is 0 Å². The summed E-state index contributed by atoms with van der Waals surface area (Å²) in [5.74, 6) is 0. The van der Waals surface area contributed by atoms with Crippen LogP contribution in [0, 0.1) is 12.3 Å². The van der Waals surface area contributed by atoms with Gasteiger partial charge in [0.05, 0.1) is 0 Å². The maximum absolute atomic E-state index is 10.5. The van der Waals surface area contributed by atoms with E-state index in [0.717, 1.165) is 22.2 Å². The van der Waals surface area contributed by atoms with Crippen LogP contribution >= 0.6 is 23.5 Å². The normalized spacial score (nSPS) is 11.0. The van der Waals surface area contributed by atoms with Crippen molar-refractivity contribution < 1.29 is 4.79 Å². The molecule has 1 aromatic rings. The van der Waals surface area contributed by atoms with Gasteiger partial charge in [-0.05, 0) is 24.0 Å². The zero-order chi connectivity index (χ0) is 12.7. The molecule has 1 rings (SSSR count). The van der Waals surface area contributed by atoms with Gasteiger partial charge < -0.3 is 0 Å². The van der Waals surface area contributed by atoms with E-state index in [0.29, 0.717) is 11.5 Å². The fourth-order valence-electron chi connectivity index (χ4n) is 1.09. The summed E-state index contributed by atoms with van der Waals surface area (Å²) in [7, 11) is 0. The van der Waals surface area contributed by atoms with Crippen LogP contribution in [-0.2, 0) is 4.79 Å². The number of amides is 1. The number of benzene rings is 1. The molecule has 1 N–H and O–H groups in total. The first-order valence-corrected chi connectivity index (χ1v) is 6.50. The minimum Gasteiger partial charge on any atom is -0.291 e. The van der Waals surface area contributed by atoms with Crippen molar-refractivity contribution in [3.63, 3.8) is 0 Å². The number of aryl methyl sites for hydroxylation is 1. The molecule has 17 heavy (non-hydrogen) atoms. The first-order valence-electron chi connectivity index (χ1n) is 4.80. The number of carbonyl (C=O) groups excluding carboxylic acids is 1. The van der Waals surface area contributed by atoms with Crippen LogP contribution in [0.2, 0.25) is 0 Å². The van der Waals surface area contributed by atoms with Gasteiger partial charge in [0.2, 0.25) is 6.41 Å². The molecule has 0 aliphatic rings. The number of hydrogen-bond acceptors (Lipinski definition) is 4. The van der Waals surface area contributed by atoms with E-state index in [2.05, 4.69) is 11.6 Å². The van der Waals surface area contributed by atoms with Gasteiger partial charge in [0, 0.05) is 4.90 Å². The van der Waals surface area contributed by atoms with E-state index in [-0.39, 0.29) is 5.04 Å². The first kappa shape index (κ1) is 13.7. The van der Waals surface area contributed by atoms with Crippen molar-refractivity contribution >= 4 is 40.0 Å². The van der Waals surface area contributed by atoms with Crippen LogP contribution in [0.4, 0.5) is 0 Å². The molecule has 0 aliphatic heterocycles. The number of carbonyl (C=O) groups is 1. The van der Waals surface area contributed by atoms with Crippen LogP contribution in [0.25, 0.3) is 0 Å². The molecule has 0 unspecified atom stereocenters. The van der Waals surface area contributed by atoms with Crippen molar-refractivity contribution in [1.29, 1.82) is 5.41 Å². The Hall–Kier alpha value is -1.33. The summed E-state index contributed by atoms with van der Waals surface area (Å²) in [6.45, 7) is 5.51. The molecule has 0 saturated heterocycles. The SMILES string of the molecule is C=CSC(=N)C(=NC=O)Sc1ccccc1C. The monoisotopic (exact) mass is 264 g/mol. The molecule has 0 heterocycles. The Bertz CT molecular complexity index is 469. The Kier molecular flexibility index (Phi) is 5.72. The van der Waals surface area contributed by atoms with E-state index < -0.39 is 0 Å². The summed E-state index contributed by atoms with van der Waals surface area (Å²) in [5, 5.41) is 9.90. The minimum absolute atomic E-state index is 0.223. The number of aliphatic imine (C=N–C) groups is 1. The van der Waals surface area contributed by atoms with Gasteiger partial charge in [-0.15, -0.1) is 0 Å². The molecule has 0 fully saturated rings. The predicted molar refractivity (Wildman–Crippen MR) is 76.0 cm³/mol. The van der Waals surface area contributed by atoms with E-state index in [9.17, 15) is 4.79 Å². The lowest BCUT2D eigenvalue weighted by atomic mass is 10.2. The highest BCUT2D eigenvalue weighted by Gasteiger charge is 2.10. The summed E-state index contributed by atoms with van der Waals surface area (Å²) in [4.78, 5) is 15.1. The van der Waals surface area contributed by atoms with Gasteiger partial charge >= 0.3 is 0 Å². The molecule has 0 atom stereocenters. The zero-order valence-electron chi connectivity index (χ0n) is 9.34. The number of nitrogens with one attached hydrogen (secondary N) is 1. The Balaban J connectivity index is 2.92. The molecule has 88 valence electrons. The van der Waals surface area contributed by atoms with Crippen LogP contribution in [0.3, 0.4) is 0 Å². The lowest BCUT2D eigenvalue weighted by Gasteiger charge is -2.06. The second-order valence-corrected chi connectivity index (χ2v) is 5.03. The van der Waals surface area contributed by atoms with Crippen molar-refractivity contribution in [2.45, 2.75) is 11.8 Å². The molecule has 1 amide bonds. The smallest absolute Gasteiger partial charge is 0.234 e. The van der Waals surface area contributed by atoms with E-state index in [1.54, 1.807) is 5.41 Å². The topological polar surface area (TPSA) is 53.3 Å². The third-order valence-corrected chi connectivity index (χ3v) is 3.77. The van der Waals surface area contributed by atoms with Crippen molar-refractivity contribution in [3.8, 4) is 0 Å². The van der Waals surface area contributed by atoms with Gasteiger partial charge in [-0.2, -0.15) is 0 Å². The van der Waals surface area contributed by atoms with Crippen LogP contribution in [0.15, 0.2) is 46.1 Å². The molecular weight excluding hydrogens is 252 g/mol. The van der Waals surface area contributed by atoms with Crippen LogP contribution in [-0.4, -0.2) is 16.5 Å². The lowest BCUT2D eigenvalue weighted by molar-refractivity contribution is -0.106. The molecule has 0 saturated carbocycles. The molecule has 0 aromatic heterocycles. The van der Waals surface area contributed by atoms with Crippen molar-refractivity contribution in [2.75, 3.05) is 0 Å². The van der Waals surface area contributed by atoms with Crippen molar-refractivity contribution in [1.82, 2.24) is 0 Å². The van der Waals surface area contributed by atoms with Gasteiger partial charge in [0.25, 0.3) is 0 Å². The van der Waals surface area contributed by atoms with Crippen molar-refractivity contribution in [2.24, 2.45) is 4.99 Å². The molecular formula is C12H12N2OS2. The number of thioether (sulfide) groups is 2. The summed E-state index contributed by atoms with van der Waals surface area (Å²) >= 11 is 2.45. The fraction of sp³-hybridized carbons (Fsp3) is 0.0833. The van der Waals surface area contributed by atoms with Gasteiger partial charge in [-0.25, -0.2) is 4.99 Å². The molecule has 0 aliphatic carbocycles. The molecule has 5 heteroatoms. The Morgan fingerprint density at radius 2 is 2.18 bits per heavy atom. The van der Waals surface area contributed by atoms with E-state index in [1.807, 2.05) is 31.2 Å². The summed E-state index contributed by atoms with van der Waals surface area (Å²) in [6, 6.07) is 7.77. The lowest BCUT2D eigenvalue weighted by Crippen LogP contribution is -2.04. The molecule has 0 radical (unpaired) electrons. The van der Waals surface area contributed by atoms with E-state index >= 15 is 0 Å². The van der Waals surface area contributed by atoms with Gasteiger partial charge in [-0.3, -0.25) is 10.2 Å². The van der Waals surface area contributed by atoms with Crippen LogP contribution < -0.4 is 0 Å². The van der Waals surface area contributed by atoms with E-state index in [1.165, 1.54) is 11.8 Å². The molecule has 0 spiro atoms. The average Bonchev–Trinajstić information content (AvgIpc) is 2.31. The van der Waals surface area contributed by atoms with Gasteiger partial charge in [0.15, 0.2) is 0 Å². The third-order valence-electron chi connectivity index (χ3n) is 1.87. The Labute approximate surface area is 109 Å². The number of rotatable bonds is 3. The first-order chi connectivity index (χ1) is 8.19. The zero-order valence-corrected chi connectivity index (χ0v) is 11.0. The second kappa shape index (κ2) is 7.09. The van der Waals surface area contributed by atoms with Gasteiger partial charge in [-0.1, -0.05) is 48.3 Å².